The highest BCUT2D eigenvalue weighted by molar-refractivity contribution is 5.62. The normalized spacial score (nSPS) is 23.0. The molecule has 0 unspecified atom stereocenters. The number of nitrogens with zero attached hydrogens (tertiary/aromatic N) is 1. The summed E-state index contributed by atoms with van der Waals surface area (Å²) >= 11 is 0. The average Bonchev–Trinajstić information content (AvgIpc) is 3.43. The molecule has 3 aromatic rings. The quantitative estimate of drug-likeness (QED) is 0.277. The van der Waals surface area contributed by atoms with E-state index in [1.165, 1.54) is 0 Å². The summed E-state index contributed by atoms with van der Waals surface area (Å²) in [6.45, 7) is 0.484. The summed E-state index contributed by atoms with van der Waals surface area (Å²) in [7, 11) is 0. The summed E-state index contributed by atoms with van der Waals surface area (Å²) in [4.78, 5) is 39.6. The van der Waals surface area contributed by atoms with E-state index in [4.69, 9.17) is 28.4 Å². The lowest BCUT2D eigenvalue weighted by Gasteiger charge is -2.43. The molecule has 226 valence electrons. The maximum Gasteiger partial charge on any atom is 0.509 e. The third-order valence-corrected chi connectivity index (χ3v) is 7.30. The van der Waals surface area contributed by atoms with Gasteiger partial charge in [-0.15, -0.1) is 0 Å². The number of hydrogen-bond donors (Lipinski definition) is 1. The predicted molar refractivity (Wildman–Crippen MR) is 150 cm³/mol. The zero-order chi connectivity index (χ0) is 30.0. The lowest BCUT2D eigenvalue weighted by atomic mass is 9.92. The number of ether oxygens (including phenoxy) is 6. The minimum atomic E-state index is -1.39. The van der Waals surface area contributed by atoms with Gasteiger partial charge in [-0.25, -0.2) is 14.4 Å². The number of piperidine rings is 1. The van der Waals surface area contributed by atoms with Gasteiger partial charge in [0, 0.05) is 13.1 Å². The summed E-state index contributed by atoms with van der Waals surface area (Å²) in [5.41, 5.74) is 2.30. The zero-order valence-corrected chi connectivity index (χ0v) is 23.4. The Balaban J connectivity index is 1.23. The number of benzene rings is 3. The van der Waals surface area contributed by atoms with Gasteiger partial charge in [0.25, 0.3) is 0 Å². The summed E-state index contributed by atoms with van der Waals surface area (Å²) < 4.78 is 32.4. The summed E-state index contributed by atoms with van der Waals surface area (Å²) in [6, 6.07) is 26.5. The van der Waals surface area contributed by atoms with E-state index in [2.05, 4.69) is 0 Å². The molecule has 0 saturated carbocycles. The van der Waals surface area contributed by atoms with Crippen molar-refractivity contribution in [3.05, 3.63) is 108 Å². The van der Waals surface area contributed by atoms with Crippen LogP contribution in [0.2, 0.25) is 0 Å². The minimum absolute atomic E-state index is 0.0209. The van der Waals surface area contributed by atoms with Crippen molar-refractivity contribution < 1.29 is 47.9 Å². The first kappa shape index (κ1) is 29.9. The number of rotatable bonds is 9. The van der Waals surface area contributed by atoms with E-state index < -0.39 is 48.9 Å². The van der Waals surface area contributed by atoms with Gasteiger partial charge in [-0.2, -0.15) is 0 Å². The number of hydrogen-bond acceptors (Lipinski definition) is 11. The van der Waals surface area contributed by atoms with Crippen molar-refractivity contribution in [2.24, 2.45) is 0 Å². The van der Waals surface area contributed by atoms with Crippen LogP contribution in [-0.2, 0) is 48.2 Å². The fourth-order valence-electron chi connectivity index (χ4n) is 5.23. The van der Waals surface area contributed by atoms with Crippen molar-refractivity contribution in [2.45, 2.75) is 56.7 Å². The molecule has 2 fully saturated rings. The predicted octanol–water partition coefficient (Wildman–Crippen LogP) is 4.60. The molecular formula is C32H33NO10. The van der Waals surface area contributed by atoms with Crippen LogP contribution in [0.5, 0.6) is 0 Å². The molecule has 11 nitrogen and oxygen atoms in total. The molecule has 2 aliphatic heterocycles. The van der Waals surface area contributed by atoms with E-state index >= 15 is 0 Å². The van der Waals surface area contributed by atoms with Crippen LogP contribution in [0, 0.1) is 0 Å². The summed E-state index contributed by atoms with van der Waals surface area (Å²) in [5.74, 6) is 0. The monoisotopic (exact) mass is 591 g/mol. The number of carbonyl (C=O) groups is 3. The van der Waals surface area contributed by atoms with Crippen molar-refractivity contribution in [3.8, 4) is 0 Å². The van der Waals surface area contributed by atoms with Crippen LogP contribution in [0.1, 0.15) is 23.1 Å². The third-order valence-electron chi connectivity index (χ3n) is 7.30. The molecule has 1 N–H and O–H groups in total. The molecule has 2 heterocycles. The lowest BCUT2D eigenvalue weighted by molar-refractivity contribution is -0.160. The molecule has 0 aliphatic carbocycles. The molecule has 0 aromatic heterocycles. The molecule has 43 heavy (non-hydrogen) atoms. The molecule has 5 atom stereocenters. The summed E-state index contributed by atoms with van der Waals surface area (Å²) in [5, 5.41) is 11.4. The molecule has 2 saturated heterocycles. The van der Waals surface area contributed by atoms with Gasteiger partial charge in [-0.1, -0.05) is 91.0 Å². The molecule has 2 aliphatic rings. The molecule has 0 spiro atoms. The Morgan fingerprint density at radius 1 is 0.628 bits per heavy atom. The van der Waals surface area contributed by atoms with Crippen LogP contribution in [0.25, 0.3) is 0 Å². The second kappa shape index (κ2) is 14.5. The van der Waals surface area contributed by atoms with Crippen LogP contribution in [0.3, 0.4) is 0 Å². The highest BCUT2D eigenvalue weighted by Gasteiger charge is 2.54. The zero-order valence-electron chi connectivity index (χ0n) is 23.4. The fraction of sp³-hybridized carbons (Fsp3) is 0.344. The van der Waals surface area contributed by atoms with Gasteiger partial charge < -0.3 is 33.5 Å². The van der Waals surface area contributed by atoms with Gasteiger partial charge in [0.05, 0.1) is 6.04 Å². The second-order valence-corrected chi connectivity index (χ2v) is 10.2. The van der Waals surface area contributed by atoms with Gasteiger partial charge in [0.2, 0.25) is 0 Å². The number of aliphatic hydroxyl groups excluding tert-OH is 1. The maximum absolute atomic E-state index is 12.7. The van der Waals surface area contributed by atoms with Gasteiger partial charge in [0.1, 0.15) is 32.0 Å². The van der Waals surface area contributed by atoms with Gasteiger partial charge in [-0.3, -0.25) is 4.90 Å². The van der Waals surface area contributed by atoms with Crippen molar-refractivity contribution >= 4 is 18.5 Å². The molecule has 0 amide bonds. The Morgan fingerprint density at radius 3 is 1.51 bits per heavy atom. The van der Waals surface area contributed by atoms with E-state index in [1.807, 2.05) is 59.5 Å². The van der Waals surface area contributed by atoms with Crippen molar-refractivity contribution in [1.29, 1.82) is 0 Å². The van der Waals surface area contributed by atoms with E-state index in [0.717, 1.165) is 16.7 Å². The first-order valence-electron chi connectivity index (χ1n) is 14.0. The van der Waals surface area contributed by atoms with Gasteiger partial charge in [0.15, 0.2) is 12.2 Å². The van der Waals surface area contributed by atoms with Crippen LogP contribution in [-0.4, -0.2) is 72.0 Å². The van der Waals surface area contributed by atoms with Crippen LogP contribution >= 0.6 is 0 Å². The van der Waals surface area contributed by atoms with E-state index in [-0.39, 0.29) is 26.4 Å². The Morgan fingerprint density at radius 2 is 1.05 bits per heavy atom. The Hall–Kier alpha value is -4.61. The first-order chi connectivity index (χ1) is 21.0. The molecule has 11 heteroatoms. The van der Waals surface area contributed by atoms with Crippen molar-refractivity contribution in [2.75, 3.05) is 13.1 Å². The lowest BCUT2D eigenvalue weighted by Crippen LogP contribution is -2.63. The molecule has 0 radical (unpaired) electrons. The van der Waals surface area contributed by atoms with Crippen LogP contribution < -0.4 is 0 Å². The Kier molecular flexibility index (Phi) is 10.1. The number of aliphatic hydroxyl groups is 1. The number of fused-ring (bicyclic) bond motifs is 1. The standard InChI is InChI=1S/C32H33NO10/c34-28-27-25(41-30(35)38-19-22-10-4-1-5-11-22)16-17-33(27)18-26(42-31(36)39-20-23-12-6-2-7-13-23)29(28)43-32(37)40-21-24-14-8-3-9-15-24/h1-15,25-29,34H,16-21H2/t25-,26-,27+,28+,29+/m0/s1. The molecule has 3 aromatic carbocycles. The maximum atomic E-state index is 12.7. The molecule has 0 bridgehead atoms. The molecular weight excluding hydrogens is 558 g/mol. The highest BCUT2D eigenvalue weighted by atomic mass is 16.8. The average molecular weight is 592 g/mol. The third kappa shape index (κ3) is 8.24. The van der Waals surface area contributed by atoms with E-state index in [1.54, 1.807) is 36.4 Å². The Bertz CT molecular complexity index is 1340. The summed E-state index contributed by atoms with van der Waals surface area (Å²) in [6.07, 6.45) is -7.08. The van der Waals surface area contributed by atoms with Crippen LogP contribution in [0.15, 0.2) is 91.0 Å². The van der Waals surface area contributed by atoms with E-state index in [0.29, 0.717) is 13.0 Å². The fourth-order valence-corrected chi connectivity index (χ4v) is 5.23. The van der Waals surface area contributed by atoms with Gasteiger partial charge >= 0.3 is 18.5 Å². The SMILES string of the molecule is O=C(OCc1ccccc1)O[C@H]1[C@H](O)[C@H]2[C@@H](OC(=O)OCc3ccccc3)CCN2C[C@@H]1OC(=O)OCc1ccccc1. The number of carbonyl (C=O) groups excluding carboxylic acids is 3. The molecule has 5 rings (SSSR count). The van der Waals surface area contributed by atoms with E-state index in [9.17, 15) is 19.5 Å². The van der Waals surface area contributed by atoms with Crippen molar-refractivity contribution in [3.63, 3.8) is 0 Å². The van der Waals surface area contributed by atoms with Crippen LogP contribution in [0.4, 0.5) is 14.4 Å². The smallest absolute Gasteiger partial charge is 0.429 e. The first-order valence-corrected chi connectivity index (χ1v) is 14.0. The highest BCUT2D eigenvalue weighted by Crippen LogP contribution is 2.33. The van der Waals surface area contributed by atoms with Crippen molar-refractivity contribution in [1.82, 2.24) is 4.90 Å². The minimum Gasteiger partial charge on any atom is -0.429 e. The topological polar surface area (TPSA) is 130 Å². The Labute approximate surface area is 248 Å². The van der Waals surface area contributed by atoms with Gasteiger partial charge in [-0.05, 0) is 23.1 Å². The largest absolute Gasteiger partial charge is 0.509 e. The second-order valence-electron chi connectivity index (χ2n) is 10.2.